The number of fused-ring (bicyclic) bond motifs is 6. The van der Waals surface area contributed by atoms with Crippen LogP contribution in [0, 0.1) is 6.92 Å². The molecule has 2 aliphatic carbocycles. The van der Waals surface area contributed by atoms with E-state index in [-0.39, 0.29) is 10.8 Å². The Hall–Kier alpha value is -5.66. The molecule has 2 aliphatic rings. The van der Waals surface area contributed by atoms with Crippen molar-refractivity contribution in [3.63, 3.8) is 0 Å². The van der Waals surface area contributed by atoms with Gasteiger partial charge < -0.3 is 4.90 Å². The molecule has 0 heterocycles. The van der Waals surface area contributed by atoms with Crippen molar-refractivity contribution in [3.05, 3.63) is 209 Å². The van der Waals surface area contributed by atoms with Gasteiger partial charge >= 0.3 is 0 Å². The Balaban J connectivity index is 0.000000497. The summed E-state index contributed by atoms with van der Waals surface area (Å²) in [6.45, 7) is 14.0. The van der Waals surface area contributed by atoms with E-state index in [0.717, 1.165) is 11.4 Å². The first kappa shape index (κ1) is 33.5. The van der Waals surface area contributed by atoms with E-state index in [4.69, 9.17) is 0 Å². The minimum absolute atomic E-state index is 0.0730. The van der Waals surface area contributed by atoms with E-state index in [2.05, 4.69) is 198 Å². The van der Waals surface area contributed by atoms with Gasteiger partial charge in [-0.1, -0.05) is 162 Å². The Morgan fingerprint density at radius 1 is 0.385 bits per heavy atom. The molecule has 0 bridgehead atoms. The molecule has 9 rings (SSSR count). The lowest BCUT2D eigenvalue weighted by atomic mass is 9.78. The van der Waals surface area contributed by atoms with Crippen LogP contribution in [-0.2, 0) is 10.8 Å². The van der Waals surface area contributed by atoms with Crippen LogP contribution >= 0.6 is 0 Å². The summed E-state index contributed by atoms with van der Waals surface area (Å²) >= 11 is 0. The Bertz CT molecular complexity index is 2310. The van der Waals surface area contributed by atoms with Crippen LogP contribution in [0.15, 0.2) is 170 Å². The zero-order valence-corrected chi connectivity index (χ0v) is 31.2. The van der Waals surface area contributed by atoms with Crippen LogP contribution in [0.3, 0.4) is 0 Å². The lowest BCUT2D eigenvalue weighted by Gasteiger charge is -2.28. The zero-order valence-electron chi connectivity index (χ0n) is 31.2. The molecule has 1 nitrogen and oxygen atoms in total. The van der Waals surface area contributed by atoms with Gasteiger partial charge in [-0.05, 0) is 111 Å². The Labute approximate surface area is 310 Å². The summed E-state index contributed by atoms with van der Waals surface area (Å²) in [5.41, 5.74) is 18.6. The quantitative estimate of drug-likeness (QED) is 0.176. The predicted molar refractivity (Wildman–Crippen MR) is 221 cm³/mol. The first-order chi connectivity index (χ1) is 25.1. The summed E-state index contributed by atoms with van der Waals surface area (Å²) in [6.07, 6.45) is 0. The average Bonchev–Trinajstić information content (AvgIpc) is 3.54. The van der Waals surface area contributed by atoms with E-state index in [0.29, 0.717) is 5.92 Å². The van der Waals surface area contributed by atoms with Gasteiger partial charge in [0.15, 0.2) is 0 Å². The fourth-order valence-electron chi connectivity index (χ4n) is 8.45. The molecule has 0 aromatic heterocycles. The van der Waals surface area contributed by atoms with Crippen molar-refractivity contribution in [2.75, 3.05) is 4.90 Å². The van der Waals surface area contributed by atoms with E-state index in [9.17, 15) is 0 Å². The number of aryl methyl sites for hydroxylation is 1. The molecular formula is C51H47N. The van der Waals surface area contributed by atoms with Gasteiger partial charge in [0, 0.05) is 33.8 Å². The van der Waals surface area contributed by atoms with E-state index < -0.39 is 0 Å². The number of anilines is 3. The molecule has 0 saturated carbocycles. The van der Waals surface area contributed by atoms with Crippen molar-refractivity contribution in [2.45, 2.75) is 58.3 Å². The van der Waals surface area contributed by atoms with Gasteiger partial charge in [-0.25, -0.2) is 0 Å². The van der Waals surface area contributed by atoms with Crippen LogP contribution in [-0.4, -0.2) is 0 Å². The monoisotopic (exact) mass is 673 g/mol. The molecule has 1 unspecified atom stereocenters. The van der Waals surface area contributed by atoms with Crippen molar-refractivity contribution >= 4 is 17.1 Å². The summed E-state index contributed by atoms with van der Waals surface area (Å²) in [4.78, 5) is 2.37. The third kappa shape index (κ3) is 5.75. The molecule has 1 atom stereocenters. The molecule has 0 amide bonds. The van der Waals surface area contributed by atoms with Crippen LogP contribution in [0.4, 0.5) is 17.1 Å². The number of benzene rings is 7. The van der Waals surface area contributed by atoms with E-state index >= 15 is 0 Å². The molecule has 52 heavy (non-hydrogen) atoms. The molecule has 7 aromatic rings. The molecule has 0 aliphatic heterocycles. The molecule has 0 N–H and O–H groups in total. The molecule has 0 spiro atoms. The van der Waals surface area contributed by atoms with Crippen molar-refractivity contribution < 1.29 is 0 Å². The minimum atomic E-state index is -0.122. The third-order valence-electron chi connectivity index (χ3n) is 11.5. The zero-order chi connectivity index (χ0) is 36.0. The van der Waals surface area contributed by atoms with Gasteiger partial charge in [-0.3, -0.25) is 0 Å². The summed E-state index contributed by atoms with van der Waals surface area (Å²) in [7, 11) is 0. The normalized spacial score (nSPS) is 14.6. The van der Waals surface area contributed by atoms with Crippen LogP contribution in [0.2, 0.25) is 0 Å². The van der Waals surface area contributed by atoms with E-state index in [1.807, 2.05) is 18.2 Å². The van der Waals surface area contributed by atoms with Crippen molar-refractivity contribution in [3.8, 4) is 22.3 Å². The molecule has 1 heteroatoms. The number of hydrogen-bond donors (Lipinski definition) is 0. The highest BCUT2D eigenvalue weighted by molar-refractivity contribution is 5.91. The summed E-state index contributed by atoms with van der Waals surface area (Å²) in [5, 5.41) is 0. The minimum Gasteiger partial charge on any atom is -0.310 e. The second-order valence-corrected chi connectivity index (χ2v) is 15.5. The van der Waals surface area contributed by atoms with Crippen LogP contribution < -0.4 is 4.90 Å². The maximum Gasteiger partial charge on any atom is 0.0465 e. The Kier molecular flexibility index (Phi) is 8.47. The fourth-order valence-corrected chi connectivity index (χ4v) is 8.45. The average molecular weight is 674 g/mol. The molecule has 256 valence electrons. The third-order valence-corrected chi connectivity index (χ3v) is 11.5. The van der Waals surface area contributed by atoms with Crippen molar-refractivity contribution in [2.24, 2.45) is 0 Å². The SMILES string of the molecule is CC(c1ccccc1)c1ccc2c(c1)C(C)(C)c1cc3c(cc1-2)C(C)(C)c1cc(N(c2ccccc2)c2ccccc2)ccc1-3.Cc1ccccc1. The highest BCUT2D eigenvalue weighted by Gasteiger charge is 2.42. The smallest absolute Gasteiger partial charge is 0.0465 e. The lowest BCUT2D eigenvalue weighted by Crippen LogP contribution is -2.17. The summed E-state index contributed by atoms with van der Waals surface area (Å²) in [6, 6.07) is 61.9. The van der Waals surface area contributed by atoms with Crippen molar-refractivity contribution in [1.29, 1.82) is 0 Å². The van der Waals surface area contributed by atoms with Crippen molar-refractivity contribution in [1.82, 2.24) is 0 Å². The molecule has 0 radical (unpaired) electrons. The maximum atomic E-state index is 2.52. The maximum absolute atomic E-state index is 2.52. The molecule has 0 fully saturated rings. The van der Waals surface area contributed by atoms with Gasteiger partial charge in [0.05, 0.1) is 0 Å². The Morgan fingerprint density at radius 2 is 0.808 bits per heavy atom. The number of rotatable bonds is 5. The molecule has 7 aromatic carbocycles. The second-order valence-electron chi connectivity index (χ2n) is 15.5. The first-order valence-electron chi connectivity index (χ1n) is 18.6. The standard InChI is InChI=1S/C44H39N.C7H8/c1-29(30-15-9-6-10-16-30)31-21-23-35-37-27-42-38(28-41(37)43(2,3)39(35)25-31)36-24-22-34(26-40(36)44(42,4)5)45(32-17-11-7-12-18-32)33-19-13-8-14-20-33;1-7-5-3-2-4-6-7/h6-29H,1-5H3;2-6H,1H3. The van der Waals surface area contributed by atoms with E-state index in [1.54, 1.807) is 0 Å². The topological polar surface area (TPSA) is 3.24 Å². The fraction of sp³-hybridized carbons (Fsp3) is 0.176. The number of hydrogen-bond acceptors (Lipinski definition) is 1. The largest absolute Gasteiger partial charge is 0.310 e. The summed E-state index contributed by atoms with van der Waals surface area (Å²) in [5.74, 6) is 0.354. The number of para-hydroxylation sites is 2. The van der Waals surface area contributed by atoms with Crippen LogP contribution in [0.1, 0.15) is 79.5 Å². The van der Waals surface area contributed by atoms with Gasteiger partial charge in [-0.2, -0.15) is 0 Å². The number of nitrogens with zero attached hydrogens (tertiary/aromatic N) is 1. The van der Waals surface area contributed by atoms with Gasteiger partial charge in [0.25, 0.3) is 0 Å². The van der Waals surface area contributed by atoms with Gasteiger partial charge in [-0.15, -0.1) is 0 Å². The first-order valence-corrected chi connectivity index (χ1v) is 18.6. The van der Waals surface area contributed by atoms with Crippen LogP contribution in [0.5, 0.6) is 0 Å². The van der Waals surface area contributed by atoms with Gasteiger partial charge in [0.2, 0.25) is 0 Å². The summed E-state index contributed by atoms with van der Waals surface area (Å²) < 4.78 is 0. The highest BCUT2D eigenvalue weighted by Crippen LogP contribution is 2.57. The lowest BCUT2D eigenvalue weighted by molar-refractivity contribution is 0.651. The van der Waals surface area contributed by atoms with E-state index in [1.165, 1.54) is 66.9 Å². The second kappa shape index (κ2) is 13.1. The highest BCUT2D eigenvalue weighted by atomic mass is 15.1. The van der Waals surface area contributed by atoms with Crippen LogP contribution in [0.25, 0.3) is 22.3 Å². The molecular weight excluding hydrogens is 627 g/mol. The Morgan fingerprint density at radius 3 is 1.29 bits per heavy atom. The molecule has 0 saturated heterocycles. The predicted octanol–water partition coefficient (Wildman–Crippen LogP) is 13.9. The van der Waals surface area contributed by atoms with Gasteiger partial charge in [0.1, 0.15) is 0 Å².